The Labute approximate surface area is 123 Å². The molecule has 0 saturated carbocycles. The Morgan fingerprint density at radius 2 is 1.67 bits per heavy atom. The zero-order valence-corrected chi connectivity index (χ0v) is 11.8. The highest BCUT2D eigenvalue weighted by Gasteiger charge is 2.10. The molecule has 108 valence electrons. The SMILES string of the molecule is Cc1ccccc1/C(Cc1ccccc1F)=N/N=C(N)N. The molecule has 0 unspecified atom stereocenters. The molecule has 0 aliphatic carbocycles. The molecule has 2 aromatic rings. The Bertz CT molecular complexity index is 688. The Kier molecular flexibility index (Phi) is 4.66. The van der Waals surface area contributed by atoms with Gasteiger partial charge in [0.2, 0.25) is 5.96 Å². The number of nitrogens with zero attached hydrogens (tertiary/aromatic N) is 2. The van der Waals surface area contributed by atoms with Crippen LogP contribution < -0.4 is 11.5 Å². The predicted octanol–water partition coefficient (Wildman–Crippen LogP) is 2.35. The number of aryl methyl sites for hydroxylation is 1. The maximum absolute atomic E-state index is 13.8. The van der Waals surface area contributed by atoms with Crippen LogP contribution in [0.5, 0.6) is 0 Å². The van der Waals surface area contributed by atoms with E-state index in [1.54, 1.807) is 18.2 Å². The van der Waals surface area contributed by atoms with Crippen molar-refractivity contribution in [3.8, 4) is 0 Å². The van der Waals surface area contributed by atoms with E-state index in [4.69, 9.17) is 11.5 Å². The van der Waals surface area contributed by atoms with Crippen LogP contribution in [0.1, 0.15) is 16.7 Å². The highest BCUT2D eigenvalue weighted by molar-refractivity contribution is 6.03. The standard InChI is InChI=1S/C16H17FN4/c1-11-6-2-4-8-13(11)15(20-21-16(18)19)10-12-7-3-5-9-14(12)17/h2-9H,10H2,1H3,(H4,18,19,21)/b20-15+. The zero-order chi connectivity index (χ0) is 15.2. The molecule has 0 aliphatic rings. The normalized spacial score (nSPS) is 11.2. The molecule has 0 aliphatic heterocycles. The second-order valence-electron chi connectivity index (χ2n) is 4.65. The van der Waals surface area contributed by atoms with Crippen LogP contribution in [-0.4, -0.2) is 11.7 Å². The van der Waals surface area contributed by atoms with Crippen LogP contribution in [0.25, 0.3) is 0 Å². The fraction of sp³-hybridized carbons (Fsp3) is 0.125. The number of rotatable bonds is 4. The average molecular weight is 284 g/mol. The molecule has 4 N–H and O–H groups in total. The Hall–Kier alpha value is -2.69. The van der Waals surface area contributed by atoms with Crippen LogP contribution >= 0.6 is 0 Å². The van der Waals surface area contributed by atoms with E-state index in [1.807, 2.05) is 31.2 Å². The summed E-state index contributed by atoms with van der Waals surface area (Å²) in [7, 11) is 0. The average Bonchev–Trinajstić information content (AvgIpc) is 2.46. The van der Waals surface area contributed by atoms with Crippen molar-refractivity contribution >= 4 is 11.7 Å². The number of hydrogen-bond donors (Lipinski definition) is 2. The molecule has 0 saturated heterocycles. The van der Waals surface area contributed by atoms with Crippen LogP contribution in [0.4, 0.5) is 4.39 Å². The Morgan fingerprint density at radius 3 is 2.33 bits per heavy atom. The fourth-order valence-corrected chi connectivity index (χ4v) is 2.02. The summed E-state index contributed by atoms with van der Waals surface area (Å²) in [6.45, 7) is 1.96. The van der Waals surface area contributed by atoms with Gasteiger partial charge in [-0.1, -0.05) is 42.5 Å². The summed E-state index contributed by atoms with van der Waals surface area (Å²) in [5.74, 6) is -0.405. The predicted molar refractivity (Wildman–Crippen MR) is 83.6 cm³/mol. The molecule has 0 aromatic heterocycles. The van der Waals surface area contributed by atoms with Gasteiger partial charge in [0.05, 0.1) is 5.71 Å². The zero-order valence-electron chi connectivity index (χ0n) is 11.8. The monoisotopic (exact) mass is 284 g/mol. The van der Waals surface area contributed by atoms with Gasteiger partial charge in [-0.2, -0.15) is 5.10 Å². The van der Waals surface area contributed by atoms with Gasteiger partial charge in [0.15, 0.2) is 0 Å². The summed E-state index contributed by atoms with van der Waals surface area (Å²) < 4.78 is 13.8. The third kappa shape index (κ3) is 3.89. The van der Waals surface area contributed by atoms with Crippen molar-refractivity contribution in [2.24, 2.45) is 21.7 Å². The van der Waals surface area contributed by atoms with E-state index in [0.29, 0.717) is 17.7 Å². The van der Waals surface area contributed by atoms with Gasteiger partial charge < -0.3 is 11.5 Å². The van der Waals surface area contributed by atoms with Crippen molar-refractivity contribution in [3.63, 3.8) is 0 Å². The van der Waals surface area contributed by atoms with E-state index >= 15 is 0 Å². The molecule has 2 rings (SSSR count). The summed E-state index contributed by atoms with van der Waals surface area (Å²) in [5, 5.41) is 7.78. The van der Waals surface area contributed by atoms with Crippen molar-refractivity contribution in [3.05, 3.63) is 71.0 Å². The van der Waals surface area contributed by atoms with Crippen molar-refractivity contribution < 1.29 is 4.39 Å². The number of benzene rings is 2. The Balaban J connectivity index is 2.43. The third-order valence-corrected chi connectivity index (χ3v) is 3.06. The van der Waals surface area contributed by atoms with Gasteiger partial charge in [0.1, 0.15) is 5.82 Å². The largest absolute Gasteiger partial charge is 0.369 e. The number of nitrogens with two attached hydrogens (primary N) is 2. The highest BCUT2D eigenvalue weighted by Crippen LogP contribution is 2.15. The number of guanidine groups is 1. The van der Waals surface area contributed by atoms with E-state index in [-0.39, 0.29) is 11.8 Å². The second kappa shape index (κ2) is 6.65. The summed E-state index contributed by atoms with van der Waals surface area (Å²) in [6, 6.07) is 14.3. The second-order valence-corrected chi connectivity index (χ2v) is 4.65. The molecular weight excluding hydrogens is 267 g/mol. The lowest BCUT2D eigenvalue weighted by Crippen LogP contribution is -2.22. The fourth-order valence-electron chi connectivity index (χ4n) is 2.02. The van der Waals surface area contributed by atoms with Crippen LogP contribution in [0.15, 0.2) is 58.7 Å². The molecule has 0 bridgehead atoms. The number of halogens is 1. The Morgan fingerprint density at radius 1 is 1.00 bits per heavy atom. The van der Waals surface area contributed by atoms with Crippen molar-refractivity contribution in [1.82, 2.24) is 0 Å². The van der Waals surface area contributed by atoms with Crippen LogP contribution in [0.3, 0.4) is 0 Å². The lowest BCUT2D eigenvalue weighted by molar-refractivity contribution is 0.616. The summed E-state index contributed by atoms with van der Waals surface area (Å²) >= 11 is 0. The minimum Gasteiger partial charge on any atom is -0.369 e. The molecule has 2 aromatic carbocycles. The first kappa shape index (κ1) is 14.7. The van der Waals surface area contributed by atoms with Crippen LogP contribution in [-0.2, 0) is 6.42 Å². The topological polar surface area (TPSA) is 76.8 Å². The van der Waals surface area contributed by atoms with Crippen molar-refractivity contribution in [2.45, 2.75) is 13.3 Å². The molecule has 0 fully saturated rings. The van der Waals surface area contributed by atoms with Gasteiger partial charge in [0.25, 0.3) is 0 Å². The maximum atomic E-state index is 13.8. The van der Waals surface area contributed by atoms with Crippen molar-refractivity contribution in [1.29, 1.82) is 0 Å². The van der Waals surface area contributed by atoms with Gasteiger partial charge in [-0.25, -0.2) is 4.39 Å². The van der Waals surface area contributed by atoms with Crippen molar-refractivity contribution in [2.75, 3.05) is 0 Å². The van der Waals surface area contributed by atoms with Gasteiger partial charge in [-0.05, 0) is 24.1 Å². The first-order valence-electron chi connectivity index (χ1n) is 6.53. The van der Waals surface area contributed by atoms with E-state index < -0.39 is 0 Å². The van der Waals surface area contributed by atoms with Gasteiger partial charge >= 0.3 is 0 Å². The lowest BCUT2D eigenvalue weighted by Gasteiger charge is -2.09. The van der Waals surface area contributed by atoms with E-state index in [0.717, 1.165) is 11.1 Å². The van der Waals surface area contributed by atoms with Gasteiger partial charge in [-0.15, -0.1) is 5.10 Å². The van der Waals surface area contributed by atoms with Crippen LogP contribution in [0, 0.1) is 12.7 Å². The summed E-state index contributed by atoms with van der Waals surface area (Å²) in [4.78, 5) is 0. The maximum Gasteiger partial charge on any atom is 0.211 e. The minimum atomic E-state index is -0.275. The lowest BCUT2D eigenvalue weighted by atomic mass is 9.98. The minimum absolute atomic E-state index is 0.130. The first-order chi connectivity index (χ1) is 10.1. The summed E-state index contributed by atoms with van der Waals surface area (Å²) in [6.07, 6.45) is 0.314. The van der Waals surface area contributed by atoms with Crippen LogP contribution in [0.2, 0.25) is 0 Å². The highest BCUT2D eigenvalue weighted by atomic mass is 19.1. The van der Waals surface area contributed by atoms with Gasteiger partial charge in [-0.3, -0.25) is 0 Å². The van der Waals surface area contributed by atoms with E-state index in [9.17, 15) is 4.39 Å². The number of hydrogen-bond acceptors (Lipinski definition) is 2. The third-order valence-electron chi connectivity index (χ3n) is 3.06. The van der Waals surface area contributed by atoms with Gasteiger partial charge in [0, 0.05) is 12.0 Å². The molecule has 0 amide bonds. The molecule has 0 atom stereocenters. The summed E-state index contributed by atoms with van der Waals surface area (Å²) in [5.41, 5.74) is 13.7. The molecule has 0 heterocycles. The smallest absolute Gasteiger partial charge is 0.211 e. The quantitative estimate of drug-likeness (QED) is 0.513. The molecule has 0 radical (unpaired) electrons. The van der Waals surface area contributed by atoms with E-state index in [1.165, 1.54) is 6.07 Å². The molecule has 21 heavy (non-hydrogen) atoms. The molecular formula is C16H17FN4. The first-order valence-corrected chi connectivity index (χ1v) is 6.53. The molecule has 5 heteroatoms. The molecule has 4 nitrogen and oxygen atoms in total. The van der Waals surface area contributed by atoms with E-state index in [2.05, 4.69) is 10.2 Å². The molecule has 0 spiro atoms.